The van der Waals surface area contributed by atoms with Gasteiger partial charge >= 0.3 is 5.97 Å². The van der Waals surface area contributed by atoms with Gasteiger partial charge in [0.25, 0.3) is 0 Å². The highest BCUT2D eigenvalue weighted by Gasteiger charge is 2.88. The van der Waals surface area contributed by atoms with Crippen LogP contribution in [0.1, 0.15) is 90.6 Å². The summed E-state index contributed by atoms with van der Waals surface area (Å²) >= 11 is 0. The number of ether oxygens (including phenoxy) is 3. The Morgan fingerprint density at radius 2 is 1.75 bits per heavy atom. The fourth-order valence-electron chi connectivity index (χ4n) is 13.2. The molecular weight excluding hydrogens is 646 g/mol. The van der Waals surface area contributed by atoms with Gasteiger partial charge in [0.05, 0.1) is 17.8 Å². The third-order valence-corrected chi connectivity index (χ3v) is 15.0. The summed E-state index contributed by atoms with van der Waals surface area (Å²) in [5, 5.41) is 37.1. The summed E-state index contributed by atoms with van der Waals surface area (Å²) in [5.74, 6) is -1.59. The minimum atomic E-state index is -1.52. The Morgan fingerprint density at radius 1 is 0.980 bits per heavy atom. The lowest BCUT2D eigenvalue weighted by Gasteiger charge is -2.71. The standard InChI is InChI=1S/C42H55NO8/c1-5-7-10-25-13-15-26(16-14-25)32(45)19-27-11-8-9-12-29(27)38(46)51-39-18-17-28(23-44)41-34(39)21-31(36(41)43(6-2)24-39)40(47)22-33(49-3)30-20-35(41)42(40,48)37(30)50-4/h8-9,11-16,28,30-31,33-37,44,47-48H,5-7,10,17-24H2,1-4H3/t28-,30-,31+,33+,34?,35?,36?,37+,39-,40+,41+,42+/m1/s1. The number of likely N-dealkylation sites (tertiary alicyclic amines) is 1. The Kier molecular flexibility index (Phi) is 8.83. The molecule has 7 bridgehead atoms. The minimum Gasteiger partial charge on any atom is -0.454 e. The van der Waals surface area contributed by atoms with Crippen molar-refractivity contribution in [2.24, 2.45) is 35.0 Å². The van der Waals surface area contributed by atoms with E-state index >= 15 is 0 Å². The molecule has 276 valence electrons. The van der Waals surface area contributed by atoms with Crippen molar-refractivity contribution in [2.75, 3.05) is 33.9 Å². The smallest absolute Gasteiger partial charge is 0.339 e. The number of carbonyl (C=O) groups is 2. The van der Waals surface area contributed by atoms with E-state index in [-0.39, 0.29) is 60.5 Å². The second-order valence-corrected chi connectivity index (χ2v) is 16.7. The maximum Gasteiger partial charge on any atom is 0.339 e. The van der Waals surface area contributed by atoms with Crippen LogP contribution in [0.25, 0.3) is 0 Å². The summed E-state index contributed by atoms with van der Waals surface area (Å²) in [6, 6.07) is 15.0. The maximum atomic E-state index is 14.5. The molecule has 0 aromatic heterocycles. The molecular formula is C42H55NO8. The summed E-state index contributed by atoms with van der Waals surface area (Å²) in [4.78, 5) is 30.4. The summed E-state index contributed by atoms with van der Waals surface area (Å²) in [5.41, 5.74) is -1.61. The van der Waals surface area contributed by atoms with Gasteiger partial charge in [-0.25, -0.2) is 4.79 Å². The number of aliphatic hydroxyl groups is 3. The SMILES string of the molecule is CCCCc1ccc(C(=O)Cc2ccccc2C(=O)O[C@@]23CC[C@H](CO)[C@]45C([C@H](CC24)[C@@]2(O)C[C@H](OC)[C@H]4CC5[C@]2(O)[C@H]4OC)N(CC)C3)cc1. The molecule has 1 heterocycles. The Morgan fingerprint density at radius 3 is 2.43 bits per heavy atom. The lowest BCUT2D eigenvalue weighted by molar-refractivity contribution is -0.333. The molecule has 8 rings (SSSR count). The number of rotatable bonds is 12. The van der Waals surface area contributed by atoms with E-state index in [2.05, 4.69) is 18.7 Å². The van der Waals surface area contributed by atoms with E-state index in [1.165, 1.54) is 5.56 Å². The lowest BCUT2D eigenvalue weighted by atomic mass is 9.42. The van der Waals surface area contributed by atoms with Gasteiger partial charge in [-0.15, -0.1) is 0 Å². The van der Waals surface area contributed by atoms with Crippen LogP contribution in [-0.2, 0) is 27.1 Å². The molecule has 2 aromatic carbocycles. The molecule has 6 fully saturated rings. The van der Waals surface area contributed by atoms with Crippen LogP contribution in [0.5, 0.6) is 0 Å². The number of unbranched alkanes of at least 4 members (excludes halogenated alkanes) is 1. The zero-order valence-electron chi connectivity index (χ0n) is 30.6. The number of benzene rings is 2. The monoisotopic (exact) mass is 701 g/mol. The van der Waals surface area contributed by atoms with Crippen molar-refractivity contribution in [3.63, 3.8) is 0 Å². The van der Waals surface area contributed by atoms with Gasteiger partial charge in [0.2, 0.25) is 0 Å². The number of esters is 1. The zero-order valence-corrected chi connectivity index (χ0v) is 30.6. The third kappa shape index (κ3) is 4.67. The fraction of sp³-hybridized carbons (Fsp3) is 0.667. The predicted molar refractivity (Wildman–Crippen MR) is 190 cm³/mol. The highest BCUT2D eigenvalue weighted by atomic mass is 16.6. The van der Waals surface area contributed by atoms with Gasteiger partial charge in [-0.3, -0.25) is 9.69 Å². The van der Waals surface area contributed by atoms with E-state index in [1.807, 2.05) is 42.5 Å². The van der Waals surface area contributed by atoms with Gasteiger partial charge in [0.1, 0.15) is 16.8 Å². The van der Waals surface area contributed by atoms with Crippen molar-refractivity contribution >= 4 is 11.8 Å². The number of hydrogen-bond acceptors (Lipinski definition) is 9. The molecule has 1 saturated heterocycles. The van der Waals surface area contributed by atoms with E-state index in [4.69, 9.17) is 14.2 Å². The number of ketones is 1. The van der Waals surface area contributed by atoms with Gasteiger partial charge in [-0.2, -0.15) is 0 Å². The first-order valence-electron chi connectivity index (χ1n) is 19.4. The number of carbonyl (C=O) groups excluding carboxylic acids is 2. The van der Waals surface area contributed by atoms with Crippen LogP contribution in [0.3, 0.4) is 0 Å². The van der Waals surface area contributed by atoms with E-state index < -0.39 is 34.3 Å². The number of likely N-dealkylation sites (N-methyl/N-ethyl adjacent to an activating group) is 1. The number of piperidine rings is 1. The summed E-state index contributed by atoms with van der Waals surface area (Å²) < 4.78 is 19.0. The second kappa shape index (κ2) is 12.7. The largest absolute Gasteiger partial charge is 0.454 e. The number of nitrogens with zero attached hydrogens (tertiary/aromatic N) is 1. The van der Waals surface area contributed by atoms with Crippen molar-refractivity contribution in [3.05, 3.63) is 70.8 Å². The molecule has 12 atom stereocenters. The third-order valence-electron chi connectivity index (χ3n) is 15.0. The van der Waals surface area contributed by atoms with Gasteiger partial charge in [-0.1, -0.05) is 62.7 Å². The van der Waals surface area contributed by atoms with Crippen LogP contribution in [0, 0.1) is 35.0 Å². The van der Waals surface area contributed by atoms with Crippen molar-refractivity contribution < 1.29 is 39.1 Å². The van der Waals surface area contributed by atoms with E-state index in [1.54, 1.807) is 20.3 Å². The average Bonchev–Trinajstić information content (AvgIpc) is 3.57. The van der Waals surface area contributed by atoms with Crippen LogP contribution in [0.4, 0.5) is 0 Å². The van der Waals surface area contributed by atoms with Crippen molar-refractivity contribution in [1.82, 2.24) is 4.90 Å². The van der Waals surface area contributed by atoms with E-state index in [0.29, 0.717) is 61.9 Å². The summed E-state index contributed by atoms with van der Waals surface area (Å²) in [7, 11) is 3.29. The summed E-state index contributed by atoms with van der Waals surface area (Å²) in [6.45, 7) is 5.45. The minimum absolute atomic E-state index is 0.0349. The molecule has 0 amide bonds. The topological polar surface area (TPSA) is 126 Å². The molecule has 9 nitrogen and oxygen atoms in total. The number of fused-ring (bicyclic) bond motifs is 2. The van der Waals surface area contributed by atoms with E-state index in [0.717, 1.165) is 19.3 Å². The van der Waals surface area contributed by atoms with Gasteiger partial charge < -0.3 is 29.5 Å². The first-order chi connectivity index (χ1) is 24.6. The first kappa shape index (κ1) is 35.4. The summed E-state index contributed by atoms with van der Waals surface area (Å²) in [6.07, 6.45) is 5.17. The average molecular weight is 702 g/mol. The first-order valence-corrected chi connectivity index (χ1v) is 19.4. The molecule has 6 aliphatic rings. The molecule has 5 aliphatic carbocycles. The normalized spacial score (nSPS) is 41.8. The van der Waals surface area contributed by atoms with Crippen LogP contribution in [0.15, 0.2) is 48.5 Å². The van der Waals surface area contributed by atoms with Crippen molar-refractivity contribution in [2.45, 2.75) is 107 Å². The van der Waals surface area contributed by atoms with Gasteiger partial charge in [-0.05, 0) is 68.2 Å². The Bertz CT molecular complexity index is 1660. The predicted octanol–water partition coefficient (Wildman–Crippen LogP) is 4.62. The van der Waals surface area contributed by atoms with Crippen LogP contribution >= 0.6 is 0 Å². The highest BCUT2D eigenvalue weighted by molar-refractivity contribution is 6.00. The van der Waals surface area contributed by atoms with Crippen molar-refractivity contribution in [1.29, 1.82) is 0 Å². The van der Waals surface area contributed by atoms with Crippen LogP contribution in [-0.4, -0.2) is 101 Å². The second-order valence-electron chi connectivity index (χ2n) is 16.7. The number of hydrogen-bond donors (Lipinski definition) is 3. The van der Waals surface area contributed by atoms with E-state index in [9.17, 15) is 24.9 Å². The number of aryl methyl sites for hydroxylation is 1. The molecule has 5 saturated carbocycles. The van der Waals surface area contributed by atoms with Crippen LogP contribution in [0.2, 0.25) is 0 Å². The maximum absolute atomic E-state index is 14.5. The Labute approximate surface area is 301 Å². The number of methoxy groups -OCH3 is 2. The Balaban J connectivity index is 1.15. The number of Topliss-reactive ketones (excluding diaryl/α,β-unsaturated/α-hetero) is 1. The molecule has 9 heteroatoms. The molecule has 1 aliphatic heterocycles. The van der Waals surface area contributed by atoms with Gasteiger partial charge in [0.15, 0.2) is 5.78 Å². The van der Waals surface area contributed by atoms with Gasteiger partial charge in [0, 0.05) is 80.9 Å². The van der Waals surface area contributed by atoms with Crippen molar-refractivity contribution in [3.8, 4) is 0 Å². The lowest BCUT2D eigenvalue weighted by Crippen LogP contribution is -2.82. The Hall–Kier alpha value is -2.66. The zero-order chi connectivity index (χ0) is 35.9. The molecule has 51 heavy (non-hydrogen) atoms. The molecule has 2 aromatic rings. The number of aliphatic hydroxyl groups excluding tert-OH is 1. The molecule has 0 radical (unpaired) electrons. The molecule has 3 N–H and O–H groups in total. The van der Waals surface area contributed by atoms with Crippen LogP contribution < -0.4 is 0 Å². The highest BCUT2D eigenvalue weighted by Crippen LogP contribution is 2.80. The molecule has 1 spiro atoms. The fourth-order valence-corrected chi connectivity index (χ4v) is 13.2. The molecule has 3 unspecified atom stereocenters. The quantitative estimate of drug-likeness (QED) is 0.215.